The monoisotopic (exact) mass is 394 g/mol. The minimum atomic E-state index is -0.00264. The standard InChI is InChI=1S/C24H30N2O3/c1-16-6-7-19(13-17(16)2)18(3)25-24(27)15-26-10-4-5-21(26)20-8-9-22-23(14-20)29-12-11-28-22/h6-9,13-14,18,21H,4-5,10-12,15H2,1-3H3,(H,25,27)/t18-,21+/m0/s1. The van der Waals surface area contributed by atoms with Gasteiger partial charge in [-0.05, 0) is 74.5 Å². The number of fused-ring (bicyclic) bond motifs is 1. The molecule has 0 spiro atoms. The van der Waals surface area contributed by atoms with Crippen LogP contribution < -0.4 is 14.8 Å². The molecule has 5 nitrogen and oxygen atoms in total. The van der Waals surface area contributed by atoms with Gasteiger partial charge in [0.05, 0.1) is 12.6 Å². The van der Waals surface area contributed by atoms with Crippen molar-refractivity contribution in [2.75, 3.05) is 26.3 Å². The third-order valence-corrected chi connectivity index (χ3v) is 6.07. The summed E-state index contributed by atoms with van der Waals surface area (Å²) in [7, 11) is 0. The van der Waals surface area contributed by atoms with Crippen LogP contribution in [0, 0.1) is 13.8 Å². The predicted molar refractivity (Wildman–Crippen MR) is 113 cm³/mol. The van der Waals surface area contributed by atoms with Crippen LogP contribution in [0.5, 0.6) is 11.5 Å². The number of carbonyl (C=O) groups is 1. The van der Waals surface area contributed by atoms with Crippen LogP contribution >= 0.6 is 0 Å². The van der Waals surface area contributed by atoms with Crippen molar-refractivity contribution in [1.82, 2.24) is 10.2 Å². The lowest BCUT2D eigenvalue weighted by Crippen LogP contribution is -2.38. The molecule has 154 valence electrons. The fourth-order valence-corrected chi connectivity index (χ4v) is 4.25. The minimum absolute atomic E-state index is 0.00264. The van der Waals surface area contributed by atoms with Crippen LogP contribution in [0.1, 0.15) is 54.1 Å². The Labute approximate surface area is 173 Å². The molecule has 2 aliphatic rings. The van der Waals surface area contributed by atoms with Crippen LogP contribution in [-0.4, -0.2) is 37.1 Å². The number of ether oxygens (including phenoxy) is 2. The SMILES string of the molecule is Cc1ccc([C@H](C)NC(=O)CN2CCC[C@@H]2c2ccc3c(c2)OCCO3)cc1C. The van der Waals surface area contributed by atoms with Crippen LogP contribution in [0.15, 0.2) is 36.4 Å². The van der Waals surface area contributed by atoms with Crippen molar-refractivity contribution in [3.05, 3.63) is 58.7 Å². The van der Waals surface area contributed by atoms with Gasteiger partial charge in [-0.3, -0.25) is 9.69 Å². The highest BCUT2D eigenvalue weighted by Crippen LogP contribution is 2.37. The van der Waals surface area contributed by atoms with Crippen molar-refractivity contribution < 1.29 is 14.3 Å². The Morgan fingerprint density at radius 1 is 1.10 bits per heavy atom. The Bertz CT molecular complexity index is 896. The van der Waals surface area contributed by atoms with E-state index in [0.29, 0.717) is 19.8 Å². The zero-order chi connectivity index (χ0) is 20.4. The van der Waals surface area contributed by atoms with Crippen molar-refractivity contribution in [2.45, 2.75) is 45.7 Å². The Hall–Kier alpha value is -2.53. The van der Waals surface area contributed by atoms with Gasteiger partial charge in [0.1, 0.15) is 13.2 Å². The highest BCUT2D eigenvalue weighted by molar-refractivity contribution is 5.78. The van der Waals surface area contributed by atoms with Crippen molar-refractivity contribution >= 4 is 5.91 Å². The molecule has 4 rings (SSSR count). The van der Waals surface area contributed by atoms with E-state index in [1.165, 1.54) is 16.7 Å². The first-order valence-corrected chi connectivity index (χ1v) is 10.5. The fourth-order valence-electron chi connectivity index (χ4n) is 4.25. The topological polar surface area (TPSA) is 50.8 Å². The smallest absolute Gasteiger partial charge is 0.234 e. The van der Waals surface area contributed by atoms with Crippen LogP contribution in [-0.2, 0) is 4.79 Å². The summed E-state index contributed by atoms with van der Waals surface area (Å²) in [5.74, 6) is 1.69. The van der Waals surface area contributed by atoms with Crippen LogP contribution in [0.2, 0.25) is 0 Å². The summed E-state index contributed by atoms with van der Waals surface area (Å²) in [5.41, 5.74) is 4.86. The average Bonchev–Trinajstić information content (AvgIpc) is 3.17. The van der Waals surface area contributed by atoms with E-state index in [1.807, 2.05) is 13.0 Å². The highest BCUT2D eigenvalue weighted by Gasteiger charge is 2.29. The van der Waals surface area contributed by atoms with Crippen molar-refractivity contribution in [3.63, 3.8) is 0 Å². The summed E-state index contributed by atoms with van der Waals surface area (Å²) in [6, 6.07) is 12.8. The lowest BCUT2D eigenvalue weighted by atomic mass is 10.0. The van der Waals surface area contributed by atoms with E-state index in [-0.39, 0.29) is 18.0 Å². The van der Waals surface area contributed by atoms with E-state index in [1.54, 1.807) is 0 Å². The van der Waals surface area contributed by atoms with Gasteiger partial charge in [0.2, 0.25) is 5.91 Å². The molecule has 0 aromatic heterocycles. The number of amides is 1. The number of rotatable bonds is 5. The molecular weight excluding hydrogens is 364 g/mol. The normalized spacial score (nSPS) is 19.8. The number of benzene rings is 2. The van der Waals surface area contributed by atoms with E-state index in [2.05, 4.69) is 54.4 Å². The molecule has 0 radical (unpaired) electrons. The number of nitrogens with zero attached hydrogens (tertiary/aromatic N) is 1. The molecule has 2 aromatic carbocycles. The average molecular weight is 395 g/mol. The molecule has 1 N–H and O–H groups in total. The number of aryl methyl sites for hydroxylation is 2. The molecule has 0 saturated carbocycles. The number of hydrogen-bond acceptors (Lipinski definition) is 4. The maximum atomic E-state index is 12.7. The third kappa shape index (κ3) is 4.40. The maximum absolute atomic E-state index is 12.7. The largest absolute Gasteiger partial charge is 0.486 e. The summed E-state index contributed by atoms with van der Waals surface area (Å²) in [5, 5.41) is 3.17. The van der Waals surface area contributed by atoms with Gasteiger partial charge in [0.25, 0.3) is 0 Å². The first-order valence-electron chi connectivity index (χ1n) is 10.5. The van der Waals surface area contributed by atoms with Crippen molar-refractivity contribution in [1.29, 1.82) is 0 Å². The van der Waals surface area contributed by atoms with Gasteiger partial charge in [-0.15, -0.1) is 0 Å². The molecule has 1 fully saturated rings. The number of hydrogen-bond donors (Lipinski definition) is 1. The van der Waals surface area contributed by atoms with Crippen LogP contribution in [0.4, 0.5) is 0 Å². The Kier molecular flexibility index (Phi) is 5.76. The van der Waals surface area contributed by atoms with Gasteiger partial charge in [0, 0.05) is 6.04 Å². The first kappa shape index (κ1) is 19.8. The molecule has 2 aromatic rings. The van der Waals surface area contributed by atoms with E-state index in [0.717, 1.165) is 36.4 Å². The Morgan fingerprint density at radius 2 is 1.90 bits per heavy atom. The summed E-state index contributed by atoms with van der Waals surface area (Å²) in [6.45, 7) is 8.79. The minimum Gasteiger partial charge on any atom is -0.486 e. The summed E-state index contributed by atoms with van der Waals surface area (Å²) < 4.78 is 11.4. The van der Waals surface area contributed by atoms with Gasteiger partial charge >= 0.3 is 0 Å². The molecule has 0 bridgehead atoms. The zero-order valence-electron chi connectivity index (χ0n) is 17.5. The van der Waals surface area contributed by atoms with E-state index < -0.39 is 0 Å². The lowest BCUT2D eigenvalue weighted by Gasteiger charge is -2.27. The highest BCUT2D eigenvalue weighted by atomic mass is 16.6. The summed E-state index contributed by atoms with van der Waals surface area (Å²) in [6.07, 6.45) is 2.15. The van der Waals surface area contributed by atoms with Crippen LogP contribution in [0.25, 0.3) is 0 Å². The molecule has 2 heterocycles. The summed E-state index contributed by atoms with van der Waals surface area (Å²) >= 11 is 0. The van der Waals surface area contributed by atoms with Crippen molar-refractivity contribution in [2.24, 2.45) is 0 Å². The number of likely N-dealkylation sites (tertiary alicyclic amines) is 1. The van der Waals surface area contributed by atoms with Gasteiger partial charge in [-0.1, -0.05) is 24.3 Å². The molecule has 2 atom stereocenters. The Balaban J connectivity index is 1.40. The van der Waals surface area contributed by atoms with E-state index in [4.69, 9.17) is 9.47 Å². The molecular formula is C24H30N2O3. The second-order valence-corrected chi connectivity index (χ2v) is 8.16. The second kappa shape index (κ2) is 8.46. The first-order chi connectivity index (χ1) is 14.0. The molecule has 2 aliphatic heterocycles. The quantitative estimate of drug-likeness (QED) is 0.830. The third-order valence-electron chi connectivity index (χ3n) is 6.07. The van der Waals surface area contributed by atoms with Crippen LogP contribution in [0.3, 0.4) is 0 Å². The van der Waals surface area contributed by atoms with Gasteiger partial charge in [-0.25, -0.2) is 0 Å². The van der Waals surface area contributed by atoms with Crippen molar-refractivity contribution in [3.8, 4) is 11.5 Å². The fraction of sp³-hybridized carbons (Fsp3) is 0.458. The number of carbonyl (C=O) groups excluding carboxylic acids is 1. The molecule has 1 amide bonds. The lowest BCUT2D eigenvalue weighted by molar-refractivity contribution is -0.123. The van der Waals surface area contributed by atoms with E-state index >= 15 is 0 Å². The van der Waals surface area contributed by atoms with Gasteiger partial charge < -0.3 is 14.8 Å². The predicted octanol–water partition coefficient (Wildman–Crippen LogP) is 4.09. The Morgan fingerprint density at radius 3 is 2.69 bits per heavy atom. The maximum Gasteiger partial charge on any atom is 0.234 e. The second-order valence-electron chi connectivity index (χ2n) is 8.16. The molecule has 0 aliphatic carbocycles. The zero-order valence-corrected chi connectivity index (χ0v) is 17.5. The van der Waals surface area contributed by atoms with Gasteiger partial charge in [-0.2, -0.15) is 0 Å². The summed E-state index contributed by atoms with van der Waals surface area (Å²) in [4.78, 5) is 15.0. The molecule has 1 saturated heterocycles. The molecule has 5 heteroatoms. The van der Waals surface area contributed by atoms with E-state index in [9.17, 15) is 4.79 Å². The molecule has 29 heavy (non-hydrogen) atoms. The molecule has 0 unspecified atom stereocenters. The number of nitrogens with one attached hydrogen (secondary N) is 1. The van der Waals surface area contributed by atoms with Gasteiger partial charge in [0.15, 0.2) is 11.5 Å².